The number of aliphatic hydroxyl groups excluding tert-OH is 1. The van der Waals surface area contributed by atoms with Crippen molar-refractivity contribution in [3.63, 3.8) is 0 Å². The summed E-state index contributed by atoms with van der Waals surface area (Å²) in [6.07, 6.45) is 3.69. The van der Waals surface area contributed by atoms with Crippen LogP contribution in [0.25, 0.3) is 0 Å². The summed E-state index contributed by atoms with van der Waals surface area (Å²) in [6, 6.07) is 0.688. The lowest BCUT2D eigenvalue weighted by atomic mass is 9.90. The fourth-order valence-electron chi connectivity index (χ4n) is 2.41. The van der Waals surface area contributed by atoms with Gasteiger partial charge in [0.05, 0.1) is 6.61 Å². The highest BCUT2D eigenvalue weighted by atomic mass is 16.3. The number of hydrogen-bond donors (Lipinski definition) is 2. The van der Waals surface area contributed by atoms with E-state index in [2.05, 4.69) is 31.0 Å². The first kappa shape index (κ1) is 13.9. The van der Waals surface area contributed by atoms with Crippen LogP contribution in [0.2, 0.25) is 0 Å². The summed E-state index contributed by atoms with van der Waals surface area (Å²) in [4.78, 5) is 2.57. The number of aliphatic hydroxyl groups is 1. The van der Waals surface area contributed by atoms with E-state index in [-0.39, 0.29) is 12.1 Å². The van der Waals surface area contributed by atoms with Crippen molar-refractivity contribution in [3.8, 4) is 0 Å². The summed E-state index contributed by atoms with van der Waals surface area (Å²) in [5.74, 6) is 0.809. The Kier molecular flexibility index (Phi) is 5.22. The number of nitrogens with zero attached hydrogens (tertiary/aromatic N) is 1. The standard InChI is InChI=1S/C13H28N2O/c1-11-6-5-8-15(12(11)2)9-7-13(3,10-16)14-4/h11-12,14,16H,5-10H2,1-4H3. The fraction of sp³-hybridized carbons (Fsp3) is 1.00. The number of piperidine rings is 1. The van der Waals surface area contributed by atoms with Gasteiger partial charge in [-0.1, -0.05) is 6.92 Å². The average Bonchev–Trinajstić information content (AvgIpc) is 2.31. The maximum absolute atomic E-state index is 9.35. The van der Waals surface area contributed by atoms with Gasteiger partial charge in [0.2, 0.25) is 0 Å². The molecule has 0 aromatic heterocycles. The third kappa shape index (κ3) is 3.44. The monoisotopic (exact) mass is 228 g/mol. The Balaban J connectivity index is 2.42. The maximum atomic E-state index is 9.35. The van der Waals surface area contributed by atoms with Gasteiger partial charge in [-0.05, 0) is 52.6 Å². The minimum Gasteiger partial charge on any atom is -0.394 e. The molecule has 16 heavy (non-hydrogen) atoms. The molecule has 3 heteroatoms. The number of likely N-dealkylation sites (N-methyl/N-ethyl adjacent to an activating group) is 1. The zero-order valence-electron chi connectivity index (χ0n) is 11.3. The Hall–Kier alpha value is -0.120. The van der Waals surface area contributed by atoms with Gasteiger partial charge >= 0.3 is 0 Å². The third-order valence-corrected chi connectivity index (χ3v) is 4.41. The van der Waals surface area contributed by atoms with Crippen LogP contribution in [0.15, 0.2) is 0 Å². The molecule has 0 bridgehead atoms. The molecule has 1 fully saturated rings. The molecular formula is C13H28N2O. The van der Waals surface area contributed by atoms with E-state index in [0.29, 0.717) is 6.04 Å². The molecule has 0 aromatic carbocycles. The van der Waals surface area contributed by atoms with Gasteiger partial charge in [0.15, 0.2) is 0 Å². The van der Waals surface area contributed by atoms with Gasteiger partial charge in [-0.2, -0.15) is 0 Å². The van der Waals surface area contributed by atoms with Crippen LogP contribution < -0.4 is 5.32 Å². The highest BCUT2D eigenvalue weighted by molar-refractivity contribution is 4.85. The molecule has 0 spiro atoms. The highest BCUT2D eigenvalue weighted by Gasteiger charge is 2.27. The SMILES string of the molecule is CNC(C)(CO)CCN1CCCC(C)C1C. The predicted molar refractivity (Wildman–Crippen MR) is 68.6 cm³/mol. The highest BCUT2D eigenvalue weighted by Crippen LogP contribution is 2.23. The lowest BCUT2D eigenvalue weighted by Gasteiger charge is -2.40. The second-order valence-corrected chi connectivity index (χ2v) is 5.61. The van der Waals surface area contributed by atoms with Gasteiger partial charge in [0.1, 0.15) is 0 Å². The van der Waals surface area contributed by atoms with Crippen molar-refractivity contribution in [1.82, 2.24) is 10.2 Å². The summed E-state index contributed by atoms with van der Waals surface area (Å²) >= 11 is 0. The van der Waals surface area contributed by atoms with Gasteiger partial charge in [0.25, 0.3) is 0 Å². The number of likely N-dealkylation sites (tertiary alicyclic amines) is 1. The van der Waals surface area contributed by atoms with E-state index in [1.54, 1.807) is 0 Å². The van der Waals surface area contributed by atoms with Crippen LogP contribution in [-0.2, 0) is 0 Å². The quantitative estimate of drug-likeness (QED) is 0.748. The second-order valence-electron chi connectivity index (χ2n) is 5.61. The molecule has 1 aliphatic rings. The molecule has 3 atom stereocenters. The lowest BCUT2D eigenvalue weighted by Crippen LogP contribution is -2.49. The Labute approximate surface area is 100 Å². The van der Waals surface area contributed by atoms with E-state index in [0.717, 1.165) is 18.9 Å². The molecule has 1 rings (SSSR count). The Morgan fingerprint density at radius 3 is 2.69 bits per heavy atom. The molecule has 3 nitrogen and oxygen atoms in total. The van der Waals surface area contributed by atoms with E-state index in [9.17, 15) is 5.11 Å². The largest absolute Gasteiger partial charge is 0.394 e. The zero-order chi connectivity index (χ0) is 12.2. The van der Waals surface area contributed by atoms with E-state index < -0.39 is 0 Å². The lowest BCUT2D eigenvalue weighted by molar-refractivity contribution is 0.0896. The first-order chi connectivity index (χ1) is 7.52. The summed E-state index contributed by atoms with van der Waals surface area (Å²) < 4.78 is 0. The number of rotatable bonds is 5. The first-order valence-corrected chi connectivity index (χ1v) is 6.56. The second kappa shape index (κ2) is 5.99. The normalized spacial score (nSPS) is 31.3. The molecular weight excluding hydrogens is 200 g/mol. The van der Waals surface area contributed by atoms with Crippen molar-refractivity contribution in [3.05, 3.63) is 0 Å². The van der Waals surface area contributed by atoms with Gasteiger partial charge in [-0.3, -0.25) is 0 Å². The average molecular weight is 228 g/mol. The molecule has 1 heterocycles. The van der Waals surface area contributed by atoms with Crippen molar-refractivity contribution < 1.29 is 5.11 Å². The van der Waals surface area contributed by atoms with Crippen molar-refractivity contribution >= 4 is 0 Å². The molecule has 2 N–H and O–H groups in total. The molecule has 0 amide bonds. The van der Waals surface area contributed by atoms with E-state index in [4.69, 9.17) is 0 Å². The van der Waals surface area contributed by atoms with Gasteiger partial charge in [-0.15, -0.1) is 0 Å². The zero-order valence-corrected chi connectivity index (χ0v) is 11.3. The first-order valence-electron chi connectivity index (χ1n) is 6.56. The van der Waals surface area contributed by atoms with Gasteiger partial charge in [0, 0.05) is 18.1 Å². The van der Waals surface area contributed by atoms with Crippen molar-refractivity contribution in [2.45, 2.75) is 51.6 Å². The summed E-state index contributed by atoms with van der Waals surface area (Å²) in [7, 11) is 1.93. The molecule has 96 valence electrons. The van der Waals surface area contributed by atoms with Crippen molar-refractivity contribution in [2.24, 2.45) is 5.92 Å². The summed E-state index contributed by atoms with van der Waals surface area (Å²) in [6.45, 7) is 9.28. The van der Waals surface area contributed by atoms with Gasteiger partial charge < -0.3 is 15.3 Å². The van der Waals surface area contributed by atoms with Gasteiger partial charge in [-0.25, -0.2) is 0 Å². The number of nitrogens with one attached hydrogen (secondary N) is 1. The van der Waals surface area contributed by atoms with Crippen LogP contribution in [0.4, 0.5) is 0 Å². The molecule has 1 aliphatic heterocycles. The molecule has 0 aromatic rings. The van der Waals surface area contributed by atoms with E-state index >= 15 is 0 Å². The molecule has 0 saturated carbocycles. The summed E-state index contributed by atoms with van der Waals surface area (Å²) in [5.41, 5.74) is -0.125. The Bertz CT molecular complexity index is 204. The topological polar surface area (TPSA) is 35.5 Å². The maximum Gasteiger partial charge on any atom is 0.0610 e. The van der Waals surface area contributed by atoms with Crippen LogP contribution >= 0.6 is 0 Å². The van der Waals surface area contributed by atoms with Crippen LogP contribution in [-0.4, -0.2) is 48.3 Å². The molecule has 0 radical (unpaired) electrons. The van der Waals surface area contributed by atoms with Crippen molar-refractivity contribution in [1.29, 1.82) is 0 Å². The van der Waals surface area contributed by atoms with Crippen LogP contribution in [0.3, 0.4) is 0 Å². The molecule has 1 saturated heterocycles. The minimum absolute atomic E-state index is 0.125. The van der Waals surface area contributed by atoms with Crippen LogP contribution in [0.5, 0.6) is 0 Å². The smallest absolute Gasteiger partial charge is 0.0610 e. The third-order valence-electron chi connectivity index (χ3n) is 4.41. The Morgan fingerprint density at radius 2 is 2.12 bits per heavy atom. The van der Waals surface area contributed by atoms with E-state index in [1.165, 1.54) is 19.4 Å². The van der Waals surface area contributed by atoms with E-state index in [1.807, 2.05) is 7.05 Å². The predicted octanol–water partition coefficient (Wildman–Crippen LogP) is 1.47. The number of hydrogen-bond acceptors (Lipinski definition) is 3. The van der Waals surface area contributed by atoms with Crippen LogP contribution in [0.1, 0.15) is 40.0 Å². The molecule has 3 unspecified atom stereocenters. The minimum atomic E-state index is -0.125. The Morgan fingerprint density at radius 1 is 1.44 bits per heavy atom. The summed E-state index contributed by atoms with van der Waals surface area (Å²) in [5, 5.41) is 12.6. The van der Waals surface area contributed by atoms with Crippen molar-refractivity contribution in [2.75, 3.05) is 26.7 Å². The fourth-order valence-corrected chi connectivity index (χ4v) is 2.41. The van der Waals surface area contributed by atoms with Crippen LogP contribution in [0, 0.1) is 5.92 Å². The molecule has 0 aliphatic carbocycles.